The second-order valence-electron chi connectivity index (χ2n) is 7.70. The Morgan fingerprint density at radius 2 is 1.80 bits per heavy atom. The van der Waals surface area contributed by atoms with Crippen molar-refractivity contribution in [3.8, 4) is 17.2 Å². The van der Waals surface area contributed by atoms with Crippen molar-refractivity contribution in [1.29, 1.82) is 0 Å². The van der Waals surface area contributed by atoms with E-state index in [2.05, 4.69) is 0 Å². The number of benzene rings is 2. The average Bonchev–Trinajstić information content (AvgIpc) is 3.46. The van der Waals surface area contributed by atoms with Gasteiger partial charge in [0.15, 0.2) is 23.1 Å². The number of likely N-dealkylation sites (tertiary alicyclic amines) is 1. The second kappa shape index (κ2) is 9.92. The summed E-state index contributed by atoms with van der Waals surface area (Å²) in [4.78, 5) is 27.5. The van der Waals surface area contributed by atoms with Crippen LogP contribution in [-0.2, 0) is 16.1 Å². The molecule has 8 nitrogen and oxygen atoms in total. The van der Waals surface area contributed by atoms with Gasteiger partial charge in [0.1, 0.15) is 11.5 Å². The van der Waals surface area contributed by atoms with Crippen molar-refractivity contribution in [3.63, 3.8) is 0 Å². The molecule has 1 unspecified atom stereocenters. The number of carbonyl (C=O) groups excluding carboxylic acids is 2. The van der Waals surface area contributed by atoms with Crippen LogP contribution in [0.2, 0.25) is 0 Å². The van der Waals surface area contributed by atoms with Crippen molar-refractivity contribution in [3.05, 3.63) is 83.1 Å². The second-order valence-corrected chi connectivity index (χ2v) is 7.70. The predicted molar refractivity (Wildman–Crippen MR) is 124 cm³/mol. The Morgan fingerprint density at radius 3 is 2.43 bits per heavy atom. The molecule has 3 aromatic rings. The van der Waals surface area contributed by atoms with Gasteiger partial charge in [-0.2, -0.15) is 0 Å². The minimum absolute atomic E-state index is 0.0207. The number of rotatable bonds is 8. The van der Waals surface area contributed by atoms with E-state index in [-0.39, 0.29) is 23.4 Å². The van der Waals surface area contributed by atoms with Gasteiger partial charge < -0.3 is 28.6 Å². The summed E-state index contributed by atoms with van der Waals surface area (Å²) in [6, 6.07) is 11.1. The number of aliphatic hydroxyl groups is 1. The van der Waals surface area contributed by atoms with Gasteiger partial charge in [-0.25, -0.2) is 4.39 Å². The third-order valence-corrected chi connectivity index (χ3v) is 5.67. The van der Waals surface area contributed by atoms with Crippen molar-refractivity contribution < 1.29 is 37.7 Å². The summed E-state index contributed by atoms with van der Waals surface area (Å²) in [7, 11) is 2.79. The molecule has 1 aliphatic heterocycles. The van der Waals surface area contributed by atoms with Crippen LogP contribution in [0.15, 0.2) is 64.8 Å². The molecule has 1 aliphatic rings. The molecule has 0 aliphatic carbocycles. The topological polar surface area (TPSA) is 98.4 Å². The standard InChI is InChI=1S/C26H24FNO7/c1-4-34-20-10-7-15(13-21(20)33-3)23-22(24(29)16-8-9-19(32-2)18(27)12-16)25(30)26(31)28(23)14-17-6-5-11-35-17/h5-13,23,29H,4,14H2,1-3H3. The van der Waals surface area contributed by atoms with Gasteiger partial charge in [0.05, 0.1) is 45.2 Å². The maximum Gasteiger partial charge on any atom is 0.296 e. The Kier molecular flexibility index (Phi) is 6.77. The first kappa shape index (κ1) is 23.9. The highest BCUT2D eigenvalue weighted by Gasteiger charge is 2.46. The van der Waals surface area contributed by atoms with E-state index in [1.54, 1.807) is 30.3 Å². The smallest absolute Gasteiger partial charge is 0.296 e. The quantitative estimate of drug-likeness (QED) is 0.288. The molecule has 1 amide bonds. The zero-order valence-corrected chi connectivity index (χ0v) is 19.4. The molecule has 2 aromatic carbocycles. The lowest BCUT2D eigenvalue weighted by molar-refractivity contribution is -0.140. The molecular weight excluding hydrogens is 457 g/mol. The number of Topliss-reactive ketones (excluding diaryl/α,β-unsaturated/α-hetero) is 1. The molecule has 35 heavy (non-hydrogen) atoms. The highest BCUT2D eigenvalue weighted by molar-refractivity contribution is 6.46. The molecule has 1 fully saturated rings. The summed E-state index contributed by atoms with van der Waals surface area (Å²) < 4.78 is 35.7. The molecule has 0 saturated carbocycles. The fourth-order valence-electron chi connectivity index (χ4n) is 4.06. The number of hydrogen-bond acceptors (Lipinski definition) is 7. The van der Waals surface area contributed by atoms with Crippen LogP contribution in [-0.4, -0.2) is 42.5 Å². The van der Waals surface area contributed by atoms with Crippen LogP contribution >= 0.6 is 0 Å². The zero-order valence-electron chi connectivity index (χ0n) is 19.4. The van der Waals surface area contributed by atoms with E-state index in [0.29, 0.717) is 29.4 Å². The summed E-state index contributed by atoms with van der Waals surface area (Å²) in [6.07, 6.45) is 1.46. The third kappa shape index (κ3) is 4.44. The Balaban J connectivity index is 1.88. The summed E-state index contributed by atoms with van der Waals surface area (Å²) in [5, 5.41) is 11.1. The van der Waals surface area contributed by atoms with E-state index in [4.69, 9.17) is 18.6 Å². The van der Waals surface area contributed by atoms with E-state index < -0.39 is 29.3 Å². The number of amides is 1. The van der Waals surface area contributed by atoms with Crippen LogP contribution in [0, 0.1) is 5.82 Å². The van der Waals surface area contributed by atoms with Crippen LogP contribution in [0.5, 0.6) is 17.2 Å². The minimum Gasteiger partial charge on any atom is -0.507 e. The van der Waals surface area contributed by atoms with Crippen LogP contribution in [0.1, 0.15) is 29.9 Å². The number of methoxy groups -OCH3 is 2. The first-order chi connectivity index (χ1) is 16.9. The lowest BCUT2D eigenvalue weighted by atomic mass is 9.95. The zero-order chi connectivity index (χ0) is 25.1. The molecule has 1 aromatic heterocycles. The van der Waals surface area contributed by atoms with E-state index in [1.165, 1.54) is 37.5 Å². The van der Waals surface area contributed by atoms with Crippen LogP contribution < -0.4 is 14.2 Å². The molecule has 1 saturated heterocycles. The lowest BCUT2D eigenvalue weighted by Gasteiger charge is -2.25. The normalized spacial score (nSPS) is 17.0. The molecule has 4 rings (SSSR count). The molecule has 182 valence electrons. The van der Waals surface area contributed by atoms with Crippen molar-refractivity contribution in [1.82, 2.24) is 4.90 Å². The van der Waals surface area contributed by atoms with E-state index in [9.17, 15) is 19.1 Å². The lowest BCUT2D eigenvalue weighted by Crippen LogP contribution is -2.29. The van der Waals surface area contributed by atoms with Gasteiger partial charge in [-0.15, -0.1) is 0 Å². The Morgan fingerprint density at radius 1 is 1.06 bits per heavy atom. The highest BCUT2D eigenvalue weighted by atomic mass is 19.1. The number of halogens is 1. The van der Waals surface area contributed by atoms with Crippen molar-refractivity contribution in [2.24, 2.45) is 0 Å². The molecule has 9 heteroatoms. The molecule has 0 bridgehead atoms. The van der Waals surface area contributed by atoms with Crippen molar-refractivity contribution in [2.75, 3.05) is 20.8 Å². The number of ether oxygens (including phenoxy) is 3. The summed E-state index contributed by atoms with van der Waals surface area (Å²) in [6.45, 7) is 2.22. The van der Waals surface area contributed by atoms with E-state index in [1.807, 2.05) is 6.92 Å². The van der Waals surface area contributed by atoms with Gasteiger partial charge in [0.25, 0.3) is 11.7 Å². The van der Waals surface area contributed by atoms with Crippen LogP contribution in [0.3, 0.4) is 0 Å². The Hall–Kier alpha value is -4.27. The maximum atomic E-state index is 14.4. The van der Waals surface area contributed by atoms with Gasteiger partial charge in [0.2, 0.25) is 0 Å². The molecule has 0 radical (unpaired) electrons. The van der Waals surface area contributed by atoms with Gasteiger partial charge in [0, 0.05) is 5.56 Å². The van der Waals surface area contributed by atoms with Gasteiger partial charge in [-0.3, -0.25) is 9.59 Å². The summed E-state index contributed by atoms with van der Waals surface area (Å²) >= 11 is 0. The van der Waals surface area contributed by atoms with Gasteiger partial charge in [-0.05, 0) is 55.0 Å². The fourth-order valence-corrected chi connectivity index (χ4v) is 4.06. The minimum atomic E-state index is -0.991. The van der Waals surface area contributed by atoms with Crippen molar-refractivity contribution in [2.45, 2.75) is 19.5 Å². The fraction of sp³-hybridized carbons (Fsp3) is 0.231. The largest absolute Gasteiger partial charge is 0.507 e. The van der Waals surface area contributed by atoms with Crippen LogP contribution in [0.25, 0.3) is 5.76 Å². The number of furan rings is 1. The summed E-state index contributed by atoms with van der Waals surface area (Å²) in [5.41, 5.74) is 0.339. The SMILES string of the molecule is CCOc1ccc(C2C(=C(O)c3ccc(OC)c(F)c3)C(=O)C(=O)N2Cc2ccco2)cc1OC. The predicted octanol–water partition coefficient (Wildman–Crippen LogP) is 4.46. The Labute approximate surface area is 201 Å². The van der Waals surface area contributed by atoms with E-state index >= 15 is 0 Å². The van der Waals surface area contributed by atoms with E-state index in [0.717, 1.165) is 6.07 Å². The number of aliphatic hydroxyl groups excluding tert-OH is 1. The summed E-state index contributed by atoms with van der Waals surface area (Å²) in [5.74, 6) is -1.65. The number of hydrogen-bond donors (Lipinski definition) is 1. The molecular formula is C26H24FNO7. The van der Waals surface area contributed by atoms with Gasteiger partial charge >= 0.3 is 0 Å². The highest BCUT2D eigenvalue weighted by Crippen LogP contribution is 2.43. The Bertz CT molecular complexity index is 1280. The average molecular weight is 481 g/mol. The van der Waals surface area contributed by atoms with Gasteiger partial charge in [-0.1, -0.05) is 6.07 Å². The number of ketones is 1. The van der Waals surface area contributed by atoms with Crippen molar-refractivity contribution >= 4 is 17.4 Å². The third-order valence-electron chi connectivity index (χ3n) is 5.67. The first-order valence-corrected chi connectivity index (χ1v) is 10.8. The first-order valence-electron chi connectivity index (χ1n) is 10.8. The molecule has 1 atom stereocenters. The van der Waals surface area contributed by atoms with Crippen LogP contribution in [0.4, 0.5) is 4.39 Å². The molecule has 0 spiro atoms. The number of carbonyl (C=O) groups is 2. The molecule has 1 N–H and O–H groups in total. The number of nitrogens with zero attached hydrogens (tertiary/aromatic N) is 1. The maximum absolute atomic E-state index is 14.4. The molecule has 2 heterocycles. The monoisotopic (exact) mass is 481 g/mol.